The van der Waals surface area contributed by atoms with Crippen molar-refractivity contribution in [3.05, 3.63) is 12.3 Å². The summed E-state index contributed by atoms with van der Waals surface area (Å²) in [6, 6.07) is -0.428. The molecule has 1 fully saturated rings. The normalized spacial score (nSPS) is 20.4. The summed E-state index contributed by atoms with van der Waals surface area (Å²) in [7, 11) is 0. The number of nitrogens with one attached hydrogen (secondary N) is 2. The first kappa shape index (κ1) is 11.5. The maximum atomic E-state index is 11.1. The van der Waals surface area contributed by atoms with Gasteiger partial charge in [0.1, 0.15) is 0 Å². The van der Waals surface area contributed by atoms with E-state index in [1.165, 1.54) is 0 Å². The number of amides is 2. The number of hydrogen-bond donors (Lipinski definition) is 3. The molecule has 1 aliphatic heterocycles. The van der Waals surface area contributed by atoms with Crippen LogP contribution in [0.25, 0.3) is 0 Å². The van der Waals surface area contributed by atoms with Crippen LogP contribution in [0.15, 0.2) is 12.3 Å². The van der Waals surface area contributed by atoms with Crippen molar-refractivity contribution in [2.24, 2.45) is 0 Å². The fraction of sp³-hybridized carbons (Fsp3) is 0.556. The average Bonchev–Trinajstić information content (AvgIpc) is 2.66. The van der Waals surface area contributed by atoms with Gasteiger partial charge in [-0.15, -0.1) is 0 Å². The van der Waals surface area contributed by atoms with E-state index < -0.39 is 12.0 Å². The Bertz CT molecular complexity index is 259. The lowest BCUT2D eigenvalue weighted by Gasteiger charge is -2.09. The highest BCUT2D eigenvalue weighted by atomic mass is 16.5. The number of carbonyl (C=O) groups is 2. The minimum atomic E-state index is -1.10. The summed E-state index contributed by atoms with van der Waals surface area (Å²) in [5.74, 6) is -1.10. The number of aliphatic carboxylic acids is 1. The van der Waals surface area contributed by atoms with Crippen molar-refractivity contribution in [2.45, 2.75) is 18.9 Å². The largest absolute Gasteiger partial charge is 0.478 e. The van der Waals surface area contributed by atoms with Crippen LogP contribution in [0.3, 0.4) is 0 Å². The standard InChI is InChI=1S/C9H14N2O4/c12-8(13)3-4-10-9(14)11-6-7-2-1-5-15-7/h3-4,7H,1-2,5-6H2,(H,12,13)(H2,10,11,14)/b4-3+/t7-/m0/s1. The third-order valence-electron chi connectivity index (χ3n) is 1.95. The first-order valence-electron chi connectivity index (χ1n) is 4.74. The van der Waals surface area contributed by atoms with Gasteiger partial charge in [-0.05, 0) is 12.8 Å². The molecule has 0 aromatic carbocycles. The summed E-state index contributed by atoms with van der Waals surface area (Å²) in [6.07, 6.45) is 3.98. The summed E-state index contributed by atoms with van der Waals surface area (Å²) in [5, 5.41) is 13.1. The van der Waals surface area contributed by atoms with Gasteiger partial charge in [-0.2, -0.15) is 0 Å². The summed E-state index contributed by atoms with van der Waals surface area (Å²) < 4.78 is 5.29. The molecule has 0 unspecified atom stereocenters. The van der Waals surface area contributed by atoms with E-state index in [0.717, 1.165) is 31.7 Å². The van der Waals surface area contributed by atoms with E-state index in [4.69, 9.17) is 9.84 Å². The number of carbonyl (C=O) groups excluding carboxylic acids is 1. The van der Waals surface area contributed by atoms with Crippen LogP contribution in [0.1, 0.15) is 12.8 Å². The lowest BCUT2D eigenvalue weighted by Crippen LogP contribution is -2.37. The summed E-state index contributed by atoms with van der Waals surface area (Å²) in [5.41, 5.74) is 0. The molecule has 3 N–H and O–H groups in total. The molecule has 1 saturated heterocycles. The molecule has 15 heavy (non-hydrogen) atoms. The minimum absolute atomic E-state index is 0.0826. The van der Waals surface area contributed by atoms with Crippen LogP contribution in [0.5, 0.6) is 0 Å². The zero-order valence-corrected chi connectivity index (χ0v) is 8.23. The lowest BCUT2D eigenvalue weighted by molar-refractivity contribution is -0.131. The Kier molecular flexibility index (Phi) is 4.62. The third-order valence-corrected chi connectivity index (χ3v) is 1.95. The van der Waals surface area contributed by atoms with Gasteiger partial charge >= 0.3 is 12.0 Å². The smallest absolute Gasteiger partial charge is 0.329 e. The van der Waals surface area contributed by atoms with Crippen molar-refractivity contribution in [3.63, 3.8) is 0 Å². The van der Waals surface area contributed by atoms with Crippen molar-refractivity contribution in [1.29, 1.82) is 0 Å². The topological polar surface area (TPSA) is 87.7 Å². The van der Waals surface area contributed by atoms with E-state index >= 15 is 0 Å². The molecular weight excluding hydrogens is 200 g/mol. The highest BCUT2D eigenvalue weighted by Gasteiger charge is 2.15. The second-order valence-electron chi connectivity index (χ2n) is 3.16. The molecule has 84 valence electrons. The molecule has 1 rings (SSSR count). The minimum Gasteiger partial charge on any atom is -0.478 e. The van der Waals surface area contributed by atoms with Gasteiger partial charge in [0.2, 0.25) is 0 Å². The molecule has 1 heterocycles. The van der Waals surface area contributed by atoms with E-state index in [1.54, 1.807) is 0 Å². The van der Waals surface area contributed by atoms with Gasteiger partial charge in [0, 0.05) is 25.4 Å². The molecule has 1 aliphatic rings. The zero-order chi connectivity index (χ0) is 11.1. The van der Waals surface area contributed by atoms with Crippen molar-refractivity contribution in [1.82, 2.24) is 10.6 Å². The first-order valence-corrected chi connectivity index (χ1v) is 4.74. The van der Waals surface area contributed by atoms with Crippen LogP contribution in [0.2, 0.25) is 0 Å². The fourth-order valence-electron chi connectivity index (χ4n) is 1.25. The van der Waals surface area contributed by atoms with E-state index in [2.05, 4.69) is 10.6 Å². The van der Waals surface area contributed by atoms with Crippen molar-refractivity contribution in [2.75, 3.05) is 13.2 Å². The molecule has 6 nitrogen and oxygen atoms in total. The second-order valence-corrected chi connectivity index (χ2v) is 3.16. The monoisotopic (exact) mass is 214 g/mol. The third kappa shape index (κ3) is 5.02. The summed E-state index contributed by atoms with van der Waals surface area (Å²) >= 11 is 0. The molecule has 0 saturated carbocycles. The highest BCUT2D eigenvalue weighted by molar-refractivity contribution is 5.81. The van der Waals surface area contributed by atoms with Gasteiger partial charge in [-0.1, -0.05) is 0 Å². The van der Waals surface area contributed by atoms with Crippen LogP contribution in [-0.2, 0) is 9.53 Å². The maximum absolute atomic E-state index is 11.1. The predicted octanol–water partition coefficient (Wildman–Crippen LogP) is 0.0629. The number of rotatable bonds is 4. The number of ether oxygens (including phenoxy) is 1. The Labute approximate surface area is 87.3 Å². The number of urea groups is 1. The highest BCUT2D eigenvalue weighted by Crippen LogP contribution is 2.10. The van der Waals surface area contributed by atoms with Gasteiger partial charge in [0.05, 0.1) is 6.10 Å². The van der Waals surface area contributed by atoms with Crippen molar-refractivity contribution < 1.29 is 19.4 Å². The van der Waals surface area contributed by atoms with Crippen LogP contribution in [0.4, 0.5) is 4.79 Å². The van der Waals surface area contributed by atoms with Crippen LogP contribution >= 0.6 is 0 Å². The quantitative estimate of drug-likeness (QED) is 0.577. The predicted molar refractivity (Wildman–Crippen MR) is 52.3 cm³/mol. The Balaban J connectivity index is 2.10. The molecule has 0 aromatic heterocycles. The second kappa shape index (κ2) is 6.02. The van der Waals surface area contributed by atoms with E-state index in [-0.39, 0.29) is 6.10 Å². The van der Waals surface area contributed by atoms with Gasteiger partial charge < -0.3 is 20.5 Å². The number of carboxylic acid groups (broad SMARTS) is 1. The SMILES string of the molecule is O=C(O)/C=C/NC(=O)NC[C@@H]1CCCO1. The van der Waals surface area contributed by atoms with E-state index in [1.807, 2.05) is 0 Å². The molecular formula is C9H14N2O4. The Morgan fingerprint density at radius 2 is 2.33 bits per heavy atom. The van der Waals surface area contributed by atoms with E-state index in [9.17, 15) is 9.59 Å². The zero-order valence-electron chi connectivity index (χ0n) is 8.23. The molecule has 0 bridgehead atoms. The van der Waals surface area contributed by atoms with Gasteiger partial charge in [0.25, 0.3) is 0 Å². The molecule has 6 heteroatoms. The Hall–Kier alpha value is -1.56. The lowest BCUT2D eigenvalue weighted by atomic mass is 10.2. The van der Waals surface area contributed by atoms with Crippen molar-refractivity contribution in [3.8, 4) is 0 Å². The fourth-order valence-corrected chi connectivity index (χ4v) is 1.25. The van der Waals surface area contributed by atoms with Crippen molar-refractivity contribution >= 4 is 12.0 Å². The molecule has 0 aromatic rings. The molecule has 0 spiro atoms. The summed E-state index contributed by atoms with van der Waals surface area (Å²) in [4.78, 5) is 21.1. The molecule has 2 amide bonds. The van der Waals surface area contributed by atoms with Gasteiger partial charge in [-0.3, -0.25) is 0 Å². The Morgan fingerprint density at radius 1 is 1.53 bits per heavy atom. The maximum Gasteiger partial charge on any atom is 0.329 e. The summed E-state index contributed by atoms with van der Waals surface area (Å²) in [6.45, 7) is 1.19. The van der Waals surface area contributed by atoms with Crippen LogP contribution in [0, 0.1) is 0 Å². The molecule has 0 radical (unpaired) electrons. The van der Waals surface area contributed by atoms with Crippen LogP contribution < -0.4 is 10.6 Å². The molecule has 1 atom stereocenters. The number of carboxylic acids is 1. The average molecular weight is 214 g/mol. The number of hydrogen-bond acceptors (Lipinski definition) is 3. The van der Waals surface area contributed by atoms with Gasteiger partial charge in [-0.25, -0.2) is 9.59 Å². The first-order chi connectivity index (χ1) is 7.18. The van der Waals surface area contributed by atoms with E-state index in [0.29, 0.717) is 6.54 Å². The Morgan fingerprint density at radius 3 is 2.93 bits per heavy atom. The van der Waals surface area contributed by atoms with Crippen LogP contribution in [-0.4, -0.2) is 36.4 Å². The van der Waals surface area contributed by atoms with Gasteiger partial charge in [0.15, 0.2) is 0 Å². The molecule has 0 aliphatic carbocycles.